The summed E-state index contributed by atoms with van der Waals surface area (Å²) in [5.74, 6) is 0.700. The van der Waals surface area contributed by atoms with Crippen LogP contribution in [0.5, 0.6) is 0 Å². The number of nitrogens with one attached hydrogen (secondary N) is 1. The predicted molar refractivity (Wildman–Crippen MR) is 91.3 cm³/mol. The first-order valence-electron chi connectivity index (χ1n) is 8.94. The number of carbonyl (C=O) groups excluding carboxylic acids is 1. The van der Waals surface area contributed by atoms with Crippen molar-refractivity contribution in [3.8, 4) is 0 Å². The van der Waals surface area contributed by atoms with E-state index in [2.05, 4.69) is 17.3 Å². The van der Waals surface area contributed by atoms with Crippen LogP contribution in [0.4, 0.5) is 4.39 Å². The number of carbonyl (C=O) groups is 1. The second-order valence-corrected chi connectivity index (χ2v) is 7.25. The molecule has 132 valence electrons. The molecule has 24 heavy (non-hydrogen) atoms. The average Bonchev–Trinajstić information content (AvgIpc) is 3.39. The molecule has 4 nitrogen and oxygen atoms in total. The molecule has 1 aromatic rings. The van der Waals surface area contributed by atoms with E-state index in [1.54, 1.807) is 12.1 Å². The van der Waals surface area contributed by atoms with E-state index in [0.29, 0.717) is 36.1 Å². The summed E-state index contributed by atoms with van der Waals surface area (Å²) in [6, 6.07) is 4.52. The third-order valence-electron chi connectivity index (χ3n) is 4.89. The maximum absolute atomic E-state index is 13.9. The van der Waals surface area contributed by atoms with Crippen molar-refractivity contribution in [3.63, 3.8) is 0 Å². The number of halogens is 1. The van der Waals surface area contributed by atoms with Crippen LogP contribution >= 0.6 is 0 Å². The second-order valence-electron chi connectivity index (χ2n) is 7.25. The lowest BCUT2D eigenvalue weighted by Gasteiger charge is -2.29. The molecule has 1 amide bonds. The highest BCUT2D eigenvalue weighted by atomic mass is 19.1. The molecule has 1 N–H and O–H groups in total. The van der Waals surface area contributed by atoms with E-state index in [0.717, 1.165) is 19.5 Å². The fourth-order valence-corrected chi connectivity index (χ4v) is 3.23. The Hall–Kier alpha value is -1.46. The first-order chi connectivity index (χ1) is 11.6. The number of piperidine rings is 1. The topological polar surface area (TPSA) is 41.6 Å². The molecule has 1 saturated heterocycles. The van der Waals surface area contributed by atoms with Gasteiger partial charge in [0.2, 0.25) is 0 Å². The van der Waals surface area contributed by atoms with E-state index in [4.69, 9.17) is 4.74 Å². The van der Waals surface area contributed by atoms with Gasteiger partial charge in [0.1, 0.15) is 5.82 Å². The standard InChI is InChI=1S/C19H27FN2O2/c1-22-8-2-3-15(11-22)10-21-19(23)16-6-7-18(20)17(9-16)13-24-12-14-4-5-14/h6-7,9,14-15H,2-5,8,10-13H2,1H3,(H,21,23)/t15-/m1/s1. The Balaban J connectivity index is 1.51. The van der Waals surface area contributed by atoms with Crippen molar-refractivity contribution < 1.29 is 13.9 Å². The average molecular weight is 334 g/mol. The Morgan fingerprint density at radius 1 is 1.33 bits per heavy atom. The molecule has 2 aliphatic rings. The molecule has 0 unspecified atom stereocenters. The van der Waals surface area contributed by atoms with Gasteiger partial charge in [0.25, 0.3) is 5.91 Å². The van der Waals surface area contributed by atoms with Gasteiger partial charge >= 0.3 is 0 Å². The van der Waals surface area contributed by atoms with Gasteiger partial charge in [0.15, 0.2) is 0 Å². The lowest BCUT2D eigenvalue weighted by Crippen LogP contribution is -2.39. The van der Waals surface area contributed by atoms with Crippen LogP contribution in [0.15, 0.2) is 18.2 Å². The molecule has 0 aromatic heterocycles. The number of rotatable bonds is 7. The molecule has 2 fully saturated rings. The molecular formula is C19H27FN2O2. The van der Waals surface area contributed by atoms with Crippen LogP contribution in [-0.4, -0.2) is 44.1 Å². The summed E-state index contributed by atoms with van der Waals surface area (Å²) in [5, 5.41) is 2.99. The number of hydrogen-bond acceptors (Lipinski definition) is 3. The molecule has 5 heteroatoms. The van der Waals surface area contributed by atoms with Gasteiger partial charge in [-0.05, 0) is 69.3 Å². The molecule has 1 heterocycles. The zero-order valence-corrected chi connectivity index (χ0v) is 14.4. The normalized spacial score (nSPS) is 21.7. The highest BCUT2D eigenvalue weighted by molar-refractivity contribution is 5.94. The van der Waals surface area contributed by atoms with Gasteiger partial charge < -0.3 is 15.0 Å². The maximum Gasteiger partial charge on any atom is 0.251 e. The van der Waals surface area contributed by atoms with E-state index < -0.39 is 0 Å². The van der Waals surface area contributed by atoms with Crippen molar-refractivity contribution in [1.82, 2.24) is 10.2 Å². The molecule has 3 rings (SSSR count). The summed E-state index contributed by atoms with van der Waals surface area (Å²) >= 11 is 0. The van der Waals surface area contributed by atoms with Crippen LogP contribution < -0.4 is 5.32 Å². The molecule has 0 spiro atoms. The largest absolute Gasteiger partial charge is 0.376 e. The van der Waals surface area contributed by atoms with Crippen molar-refractivity contribution in [2.45, 2.75) is 32.3 Å². The molecule has 1 aliphatic carbocycles. The first-order valence-corrected chi connectivity index (χ1v) is 8.94. The molecule has 1 aromatic carbocycles. The van der Waals surface area contributed by atoms with Gasteiger partial charge in [-0.15, -0.1) is 0 Å². The Kier molecular flexibility index (Phi) is 5.85. The van der Waals surface area contributed by atoms with Crippen LogP contribution in [0, 0.1) is 17.7 Å². The second kappa shape index (κ2) is 8.08. The van der Waals surface area contributed by atoms with Crippen LogP contribution in [0.2, 0.25) is 0 Å². The molecule has 1 atom stereocenters. The van der Waals surface area contributed by atoms with E-state index in [1.165, 1.54) is 25.3 Å². The lowest BCUT2D eigenvalue weighted by atomic mass is 9.98. The van der Waals surface area contributed by atoms with E-state index >= 15 is 0 Å². The summed E-state index contributed by atoms with van der Waals surface area (Å²) in [5.41, 5.74) is 0.964. The van der Waals surface area contributed by atoms with E-state index in [-0.39, 0.29) is 18.3 Å². The van der Waals surface area contributed by atoms with Gasteiger partial charge in [-0.1, -0.05) is 0 Å². The Morgan fingerprint density at radius 3 is 2.92 bits per heavy atom. The highest BCUT2D eigenvalue weighted by Gasteiger charge is 2.21. The molecule has 1 saturated carbocycles. The minimum Gasteiger partial charge on any atom is -0.376 e. The quantitative estimate of drug-likeness (QED) is 0.834. The van der Waals surface area contributed by atoms with Crippen LogP contribution in [0.25, 0.3) is 0 Å². The fourth-order valence-electron chi connectivity index (χ4n) is 3.23. The van der Waals surface area contributed by atoms with Crippen molar-refractivity contribution in [1.29, 1.82) is 0 Å². The van der Waals surface area contributed by atoms with Crippen molar-refractivity contribution in [3.05, 3.63) is 35.1 Å². The number of nitrogens with zero attached hydrogens (tertiary/aromatic N) is 1. The zero-order chi connectivity index (χ0) is 16.9. The van der Waals surface area contributed by atoms with Crippen LogP contribution in [0.1, 0.15) is 41.6 Å². The summed E-state index contributed by atoms with van der Waals surface area (Å²) in [7, 11) is 2.11. The molecular weight excluding hydrogens is 307 g/mol. The summed E-state index contributed by atoms with van der Waals surface area (Å²) < 4.78 is 19.4. The zero-order valence-electron chi connectivity index (χ0n) is 14.4. The third kappa shape index (κ3) is 5.02. The van der Waals surface area contributed by atoms with Gasteiger partial charge in [0.05, 0.1) is 6.61 Å². The Labute approximate surface area is 143 Å². The summed E-state index contributed by atoms with van der Waals surface area (Å²) in [6.45, 7) is 3.74. The Bertz CT molecular complexity index is 574. The van der Waals surface area contributed by atoms with Crippen molar-refractivity contribution in [2.24, 2.45) is 11.8 Å². The van der Waals surface area contributed by atoms with Crippen molar-refractivity contribution >= 4 is 5.91 Å². The summed E-state index contributed by atoms with van der Waals surface area (Å²) in [6.07, 6.45) is 4.74. The number of hydrogen-bond donors (Lipinski definition) is 1. The number of likely N-dealkylation sites (tertiary alicyclic amines) is 1. The van der Waals surface area contributed by atoms with Gasteiger partial charge in [-0.25, -0.2) is 4.39 Å². The molecule has 0 radical (unpaired) electrons. The van der Waals surface area contributed by atoms with Crippen LogP contribution in [-0.2, 0) is 11.3 Å². The SMILES string of the molecule is CN1CCC[C@H](CNC(=O)c2ccc(F)c(COCC3CC3)c2)C1. The highest BCUT2D eigenvalue weighted by Crippen LogP contribution is 2.29. The van der Waals surface area contributed by atoms with Gasteiger partial charge in [0, 0.05) is 30.8 Å². The lowest BCUT2D eigenvalue weighted by molar-refractivity contribution is 0.0935. The maximum atomic E-state index is 13.9. The predicted octanol–water partition coefficient (Wildman–Crippen LogP) is 2.82. The first kappa shape index (κ1) is 17.4. The number of ether oxygens (including phenoxy) is 1. The molecule has 1 aliphatic heterocycles. The number of benzene rings is 1. The minimum atomic E-state index is -0.309. The molecule has 0 bridgehead atoms. The fraction of sp³-hybridized carbons (Fsp3) is 0.632. The Morgan fingerprint density at radius 2 is 2.17 bits per heavy atom. The third-order valence-corrected chi connectivity index (χ3v) is 4.89. The monoisotopic (exact) mass is 334 g/mol. The van der Waals surface area contributed by atoms with E-state index in [1.807, 2.05) is 0 Å². The minimum absolute atomic E-state index is 0.133. The van der Waals surface area contributed by atoms with Gasteiger partial charge in [-0.3, -0.25) is 4.79 Å². The number of amides is 1. The smallest absolute Gasteiger partial charge is 0.251 e. The van der Waals surface area contributed by atoms with Crippen molar-refractivity contribution in [2.75, 3.05) is 33.3 Å². The van der Waals surface area contributed by atoms with Gasteiger partial charge in [-0.2, -0.15) is 0 Å². The van der Waals surface area contributed by atoms with Crippen LogP contribution in [0.3, 0.4) is 0 Å². The van der Waals surface area contributed by atoms with E-state index in [9.17, 15) is 9.18 Å². The summed E-state index contributed by atoms with van der Waals surface area (Å²) in [4.78, 5) is 14.6.